The predicted molar refractivity (Wildman–Crippen MR) is 16.4 cm³/mol. The Morgan fingerprint density at radius 3 is 2.25 bits per heavy atom. The van der Waals surface area contributed by atoms with E-state index >= 15 is 0 Å². The quantitative estimate of drug-likeness (QED) is 0.291. The van der Waals surface area contributed by atoms with Crippen molar-refractivity contribution in [2.75, 3.05) is 0 Å². The van der Waals surface area contributed by atoms with E-state index in [1.165, 1.54) is 0 Å². The summed E-state index contributed by atoms with van der Waals surface area (Å²) < 4.78 is 10.6. The fourth-order valence-corrected chi connectivity index (χ4v) is 0. The van der Waals surface area contributed by atoms with Gasteiger partial charge in [0.2, 0.25) is 9.29 Å². The number of hydrogen-bond acceptors (Lipinski definition) is 0. The molecule has 0 heterocycles. The Kier molecular flexibility index (Phi) is 2.87. The van der Waals surface area contributed by atoms with Crippen LogP contribution in [0, 0.1) is 5.50 Å². The topological polar surface area (TPSA) is 0 Å². The molecule has 0 aliphatic heterocycles. The maximum Gasteiger partial charge on any atom is 0.231 e. The van der Waals surface area contributed by atoms with E-state index in [9.17, 15) is 4.11 Å². The van der Waals surface area contributed by atoms with Crippen molar-refractivity contribution in [3.63, 3.8) is 0 Å². The summed E-state index contributed by atoms with van der Waals surface area (Å²) in [5.41, 5.74) is 2.29. The van der Waals surface area contributed by atoms with Gasteiger partial charge in [0.15, 0.2) is 0 Å². The molecule has 4 heavy (non-hydrogen) atoms. The number of hydrogen-bond donors (Lipinski definition) is 0. The molecule has 0 unspecified atom stereocenters. The summed E-state index contributed by atoms with van der Waals surface area (Å²) in [6.07, 6.45) is 0. The van der Waals surface area contributed by atoms with Gasteiger partial charge >= 0.3 is 0 Å². The third kappa shape index (κ3) is 1.93. The van der Waals surface area contributed by atoms with Gasteiger partial charge in [-0.15, -0.1) is 5.50 Å². The first-order valence-electron chi connectivity index (χ1n) is 0.939. The minimum absolute atomic E-state index is 0.610. The van der Waals surface area contributed by atoms with Crippen LogP contribution in [0.15, 0.2) is 0 Å². The lowest BCUT2D eigenvalue weighted by molar-refractivity contribution is 0.896. The molecule has 0 rings (SSSR count). The van der Waals surface area contributed by atoms with E-state index in [4.69, 9.17) is 0 Å². The van der Waals surface area contributed by atoms with Gasteiger partial charge in [-0.2, -0.15) is 0 Å². The molecule has 0 amide bonds. The SMILES string of the molecule is CC#[Si]F. The van der Waals surface area contributed by atoms with Crippen LogP contribution in [0.5, 0.6) is 0 Å². The van der Waals surface area contributed by atoms with Gasteiger partial charge in [-0.3, -0.25) is 0 Å². The standard InChI is InChI=1S/C2H3FSi/c1-2-4-3/h1H3. The summed E-state index contributed by atoms with van der Waals surface area (Å²) in [4.78, 5) is 0. The fraction of sp³-hybridized carbons (Fsp3) is 0.500. The normalized spacial score (nSPS) is 3.50. The molecule has 0 aliphatic carbocycles. The van der Waals surface area contributed by atoms with E-state index in [0.717, 1.165) is 0 Å². The molecule has 0 saturated carbocycles. The van der Waals surface area contributed by atoms with Crippen molar-refractivity contribution in [3.8, 4) is 5.50 Å². The van der Waals surface area contributed by atoms with Crippen LogP contribution in [0.25, 0.3) is 0 Å². The molecule has 0 nitrogen and oxygen atoms in total. The highest BCUT2D eigenvalue weighted by molar-refractivity contribution is 6.12. The zero-order valence-corrected chi connectivity index (χ0v) is 3.38. The van der Waals surface area contributed by atoms with Crippen LogP contribution in [-0.4, -0.2) is 9.29 Å². The van der Waals surface area contributed by atoms with Crippen molar-refractivity contribution in [1.82, 2.24) is 0 Å². The Bertz CT molecular complexity index is 42.8. The predicted octanol–water partition coefficient (Wildman–Crippen LogP) is 0.554. The van der Waals surface area contributed by atoms with Gasteiger partial charge in [0.25, 0.3) is 0 Å². The molecule has 0 N–H and O–H groups in total. The number of halogens is 1. The average Bonchev–Trinajstić information content (AvgIpc) is 1.37. The molecule has 0 spiro atoms. The monoisotopic (exact) mass is 74.0 g/mol. The van der Waals surface area contributed by atoms with Crippen molar-refractivity contribution in [2.24, 2.45) is 0 Å². The zero-order chi connectivity index (χ0) is 3.41. The van der Waals surface area contributed by atoms with Gasteiger partial charge in [-0.1, -0.05) is 0 Å². The summed E-state index contributed by atoms with van der Waals surface area (Å²) in [6, 6.07) is 0. The van der Waals surface area contributed by atoms with E-state index < -0.39 is 9.29 Å². The molecule has 0 aromatic rings. The van der Waals surface area contributed by atoms with Crippen LogP contribution in [0.1, 0.15) is 6.92 Å². The Morgan fingerprint density at radius 1 is 2.00 bits per heavy atom. The Balaban J connectivity index is 2.83. The molecule has 0 bridgehead atoms. The second-order valence-corrected chi connectivity index (χ2v) is 1.03. The van der Waals surface area contributed by atoms with Gasteiger partial charge in [0.05, 0.1) is 0 Å². The largest absolute Gasteiger partial charge is 0.231 e. The lowest BCUT2D eigenvalue weighted by Gasteiger charge is -1.34. The number of rotatable bonds is 0. The van der Waals surface area contributed by atoms with Crippen LogP contribution in [-0.2, 0) is 0 Å². The molecular formula is C2H3FSi. The Hall–Kier alpha value is -0.0731. The van der Waals surface area contributed by atoms with Crippen molar-refractivity contribution >= 4 is 9.29 Å². The summed E-state index contributed by atoms with van der Waals surface area (Å²) in [7, 11) is -0.610. The van der Waals surface area contributed by atoms with Crippen molar-refractivity contribution in [1.29, 1.82) is 0 Å². The van der Waals surface area contributed by atoms with Crippen molar-refractivity contribution in [3.05, 3.63) is 0 Å². The van der Waals surface area contributed by atoms with E-state index in [0.29, 0.717) is 0 Å². The third-order valence-electron chi connectivity index (χ3n) is 0.0945. The first kappa shape index (κ1) is 3.93. The molecule has 0 aromatic carbocycles. The molecule has 0 saturated heterocycles. The first-order valence-corrected chi connectivity index (χ1v) is 1.82. The van der Waals surface area contributed by atoms with Crippen LogP contribution in [0.2, 0.25) is 0 Å². The Labute approximate surface area is 26.9 Å². The average molecular weight is 74.1 g/mol. The third-order valence-corrected chi connectivity index (χ3v) is 0.283. The minimum Gasteiger partial charge on any atom is -0.220 e. The molecule has 0 atom stereocenters. The highest BCUT2D eigenvalue weighted by Crippen LogP contribution is 1.35. The highest BCUT2D eigenvalue weighted by Gasteiger charge is 1.34. The van der Waals surface area contributed by atoms with Gasteiger partial charge in [0, 0.05) is 0 Å². The van der Waals surface area contributed by atoms with Crippen molar-refractivity contribution < 1.29 is 4.11 Å². The molecule has 22 valence electrons. The van der Waals surface area contributed by atoms with Crippen LogP contribution < -0.4 is 0 Å². The summed E-state index contributed by atoms with van der Waals surface area (Å²) >= 11 is 0. The smallest absolute Gasteiger partial charge is 0.220 e. The molecule has 0 aliphatic rings. The van der Waals surface area contributed by atoms with E-state index in [1.807, 2.05) is 0 Å². The maximum absolute atomic E-state index is 10.6. The highest BCUT2D eigenvalue weighted by atomic mass is 28.2. The van der Waals surface area contributed by atoms with Crippen LogP contribution in [0.4, 0.5) is 4.11 Å². The fourth-order valence-electron chi connectivity index (χ4n) is 0. The second kappa shape index (κ2) is 2.93. The molecular weight excluding hydrogens is 71.1 g/mol. The molecule has 0 aromatic heterocycles. The van der Waals surface area contributed by atoms with E-state index in [-0.39, 0.29) is 0 Å². The lowest BCUT2D eigenvalue weighted by Crippen LogP contribution is -1.39. The maximum atomic E-state index is 10.6. The van der Waals surface area contributed by atoms with Gasteiger partial charge in [-0.05, 0) is 6.92 Å². The zero-order valence-electron chi connectivity index (χ0n) is 2.38. The summed E-state index contributed by atoms with van der Waals surface area (Å²) in [5, 5.41) is 0. The lowest BCUT2D eigenvalue weighted by atomic mass is 11.0. The molecule has 0 radical (unpaired) electrons. The van der Waals surface area contributed by atoms with Crippen LogP contribution in [0.3, 0.4) is 0 Å². The molecule has 0 fully saturated rings. The first-order chi connectivity index (χ1) is 1.91. The summed E-state index contributed by atoms with van der Waals surface area (Å²) in [6.45, 7) is 1.57. The Morgan fingerprint density at radius 2 is 2.25 bits per heavy atom. The van der Waals surface area contributed by atoms with Gasteiger partial charge in [0.1, 0.15) is 0 Å². The molecule has 2 heteroatoms. The van der Waals surface area contributed by atoms with E-state index in [2.05, 4.69) is 5.50 Å². The minimum atomic E-state index is -0.610. The van der Waals surface area contributed by atoms with Crippen LogP contribution >= 0.6 is 0 Å². The van der Waals surface area contributed by atoms with Gasteiger partial charge in [-0.25, -0.2) is 4.11 Å². The van der Waals surface area contributed by atoms with Crippen molar-refractivity contribution in [2.45, 2.75) is 6.92 Å². The van der Waals surface area contributed by atoms with Gasteiger partial charge < -0.3 is 0 Å². The summed E-state index contributed by atoms with van der Waals surface area (Å²) in [5.74, 6) is 0. The van der Waals surface area contributed by atoms with E-state index in [1.54, 1.807) is 6.92 Å². The second-order valence-electron chi connectivity index (χ2n) is 0.344.